The van der Waals surface area contributed by atoms with E-state index in [0.29, 0.717) is 28.8 Å². The predicted molar refractivity (Wildman–Crippen MR) is 109 cm³/mol. The maximum absolute atomic E-state index is 12.7. The molecule has 0 bridgehead atoms. The van der Waals surface area contributed by atoms with Gasteiger partial charge in [0.25, 0.3) is 15.9 Å². The van der Waals surface area contributed by atoms with Crippen molar-refractivity contribution in [2.75, 3.05) is 30.9 Å². The van der Waals surface area contributed by atoms with E-state index in [2.05, 4.69) is 5.32 Å². The lowest BCUT2D eigenvalue weighted by molar-refractivity contribution is -0.117. The number of anilines is 2. The van der Waals surface area contributed by atoms with E-state index in [1.165, 1.54) is 32.4 Å². The summed E-state index contributed by atoms with van der Waals surface area (Å²) in [5.74, 6) is -0.466. The van der Waals surface area contributed by atoms with Crippen molar-refractivity contribution in [3.8, 4) is 0 Å². The van der Waals surface area contributed by atoms with E-state index in [9.17, 15) is 18.0 Å². The molecule has 2 aromatic carbocycles. The molecule has 1 saturated heterocycles. The summed E-state index contributed by atoms with van der Waals surface area (Å²) in [6.45, 7) is 0.641. The second-order valence-corrected chi connectivity index (χ2v) is 8.71. The fourth-order valence-electron chi connectivity index (χ4n) is 2.95. The molecule has 0 aliphatic carbocycles. The van der Waals surface area contributed by atoms with Crippen molar-refractivity contribution in [2.24, 2.45) is 0 Å². The van der Waals surface area contributed by atoms with Crippen LogP contribution in [0.25, 0.3) is 0 Å². The summed E-state index contributed by atoms with van der Waals surface area (Å²) in [6.07, 6.45) is 1.31. The van der Waals surface area contributed by atoms with Crippen LogP contribution in [0.3, 0.4) is 0 Å². The van der Waals surface area contributed by atoms with E-state index < -0.39 is 15.9 Å². The van der Waals surface area contributed by atoms with Gasteiger partial charge in [0, 0.05) is 37.0 Å². The van der Waals surface area contributed by atoms with Gasteiger partial charge in [-0.1, -0.05) is 22.1 Å². The maximum atomic E-state index is 12.7. The molecule has 1 fully saturated rings. The molecule has 154 valence electrons. The molecule has 0 unspecified atom stereocenters. The van der Waals surface area contributed by atoms with Gasteiger partial charge < -0.3 is 10.2 Å². The number of carbonyl (C=O) groups is 2. The summed E-state index contributed by atoms with van der Waals surface area (Å²) in [7, 11) is -1.58. The molecule has 1 aliphatic rings. The van der Waals surface area contributed by atoms with Crippen LogP contribution in [0.5, 0.6) is 0 Å². The lowest BCUT2D eigenvalue weighted by Gasteiger charge is -2.17. The Kier molecular flexibility index (Phi) is 6.23. The fourth-order valence-corrected chi connectivity index (χ4v) is 4.43. The van der Waals surface area contributed by atoms with Crippen LogP contribution in [0.1, 0.15) is 23.2 Å². The molecule has 1 aliphatic heterocycles. The topological polar surface area (TPSA) is 96.0 Å². The summed E-state index contributed by atoms with van der Waals surface area (Å²) >= 11 is 6.02. The molecule has 1 heterocycles. The number of nitrogens with zero attached hydrogens (tertiary/aromatic N) is 2. The molecule has 8 nitrogen and oxygen atoms in total. The molecule has 0 atom stereocenters. The molecule has 29 heavy (non-hydrogen) atoms. The zero-order valence-corrected chi connectivity index (χ0v) is 17.5. The van der Waals surface area contributed by atoms with Crippen molar-refractivity contribution in [3.63, 3.8) is 0 Å². The standard InChI is InChI=1S/C19H20ClN3O5S/c1-22(28-2)29(26,27)17-11-13(8-9-16(17)20)19(25)21-14-5-3-6-15(12-14)23-10-4-7-18(23)24/h3,5-6,8-9,11-12H,4,7,10H2,1-2H3,(H,21,25). The number of hydrogen-bond donors (Lipinski definition) is 1. The Morgan fingerprint density at radius 3 is 2.66 bits per heavy atom. The van der Waals surface area contributed by atoms with Crippen LogP contribution in [-0.2, 0) is 19.7 Å². The molecule has 2 aromatic rings. The first kappa shape index (κ1) is 21.3. The third-order valence-corrected chi connectivity index (χ3v) is 6.72. The Morgan fingerprint density at radius 2 is 2.00 bits per heavy atom. The number of sulfonamides is 1. The third-order valence-electron chi connectivity index (χ3n) is 4.56. The van der Waals surface area contributed by atoms with Gasteiger partial charge in [0.1, 0.15) is 4.90 Å². The summed E-state index contributed by atoms with van der Waals surface area (Å²) in [5, 5.41) is 2.69. The number of carbonyl (C=O) groups excluding carboxylic acids is 2. The summed E-state index contributed by atoms with van der Waals surface area (Å²) in [6, 6.07) is 10.9. The molecule has 1 N–H and O–H groups in total. The third kappa shape index (κ3) is 4.43. The van der Waals surface area contributed by atoms with Gasteiger partial charge in [-0.2, -0.15) is 0 Å². The van der Waals surface area contributed by atoms with Gasteiger partial charge in [0.2, 0.25) is 5.91 Å². The predicted octanol–water partition coefficient (Wildman–Crippen LogP) is 2.90. The Balaban J connectivity index is 1.85. The van der Waals surface area contributed by atoms with Gasteiger partial charge in [-0.25, -0.2) is 8.42 Å². The van der Waals surface area contributed by atoms with Crippen molar-refractivity contribution >= 4 is 44.8 Å². The number of nitrogens with one attached hydrogen (secondary N) is 1. The van der Waals surface area contributed by atoms with Crippen molar-refractivity contribution in [2.45, 2.75) is 17.7 Å². The van der Waals surface area contributed by atoms with Crippen molar-refractivity contribution in [1.29, 1.82) is 0 Å². The first-order chi connectivity index (χ1) is 13.7. The number of benzene rings is 2. The lowest BCUT2D eigenvalue weighted by Crippen LogP contribution is -2.26. The SMILES string of the molecule is CON(C)S(=O)(=O)c1cc(C(=O)Nc2cccc(N3CCCC3=O)c2)ccc1Cl. The van der Waals surface area contributed by atoms with Crippen LogP contribution in [0, 0.1) is 0 Å². The van der Waals surface area contributed by atoms with Crippen LogP contribution in [-0.4, -0.2) is 45.4 Å². The molecule has 3 rings (SSSR count). The van der Waals surface area contributed by atoms with Gasteiger partial charge in [-0.3, -0.25) is 14.4 Å². The molecule has 10 heteroatoms. The van der Waals surface area contributed by atoms with E-state index >= 15 is 0 Å². The fraction of sp³-hybridized carbons (Fsp3) is 0.263. The van der Waals surface area contributed by atoms with Gasteiger partial charge in [0.15, 0.2) is 0 Å². The van der Waals surface area contributed by atoms with Crippen molar-refractivity contribution in [1.82, 2.24) is 4.47 Å². The number of hydroxylamine groups is 1. The Hall–Kier alpha value is -2.46. The van der Waals surface area contributed by atoms with Gasteiger partial charge in [-0.05, 0) is 42.8 Å². The summed E-state index contributed by atoms with van der Waals surface area (Å²) in [4.78, 5) is 30.8. The molecular weight excluding hydrogens is 418 g/mol. The second-order valence-electron chi connectivity index (χ2n) is 6.40. The van der Waals surface area contributed by atoms with Gasteiger partial charge in [0.05, 0.1) is 12.1 Å². The van der Waals surface area contributed by atoms with Crippen molar-refractivity contribution < 1.29 is 22.8 Å². The van der Waals surface area contributed by atoms with Gasteiger partial charge in [-0.15, -0.1) is 0 Å². The van der Waals surface area contributed by atoms with Crippen LogP contribution < -0.4 is 10.2 Å². The highest BCUT2D eigenvalue weighted by Gasteiger charge is 2.25. The molecule has 0 spiro atoms. The van der Waals surface area contributed by atoms with Gasteiger partial charge >= 0.3 is 0 Å². The second kappa shape index (κ2) is 8.50. The Bertz CT molecular complexity index is 1060. The highest BCUT2D eigenvalue weighted by molar-refractivity contribution is 7.89. The Morgan fingerprint density at radius 1 is 1.24 bits per heavy atom. The van der Waals surface area contributed by atoms with E-state index in [1.54, 1.807) is 29.2 Å². The minimum atomic E-state index is -4.02. The summed E-state index contributed by atoms with van der Waals surface area (Å²) < 4.78 is 25.6. The maximum Gasteiger partial charge on any atom is 0.266 e. The number of rotatable bonds is 6. The molecule has 2 amide bonds. The highest BCUT2D eigenvalue weighted by atomic mass is 35.5. The quantitative estimate of drug-likeness (QED) is 0.701. The molecular formula is C19H20ClN3O5S. The first-order valence-corrected chi connectivity index (χ1v) is 10.6. The monoisotopic (exact) mass is 437 g/mol. The van der Waals surface area contributed by atoms with Crippen LogP contribution in [0.4, 0.5) is 11.4 Å². The first-order valence-electron chi connectivity index (χ1n) is 8.78. The zero-order chi connectivity index (χ0) is 21.2. The number of hydrogen-bond acceptors (Lipinski definition) is 5. The summed E-state index contributed by atoms with van der Waals surface area (Å²) in [5.41, 5.74) is 1.30. The minimum Gasteiger partial charge on any atom is -0.322 e. The lowest BCUT2D eigenvalue weighted by atomic mass is 10.2. The van der Waals surface area contributed by atoms with Crippen LogP contribution in [0.2, 0.25) is 5.02 Å². The highest BCUT2D eigenvalue weighted by Crippen LogP contribution is 2.27. The van der Waals surface area contributed by atoms with E-state index in [1.807, 2.05) is 0 Å². The molecule has 0 radical (unpaired) electrons. The average molecular weight is 438 g/mol. The smallest absolute Gasteiger partial charge is 0.266 e. The minimum absolute atomic E-state index is 0.0278. The van der Waals surface area contributed by atoms with E-state index in [-0.39, 0.29) is 21.4 Å². The average Bonchev–Trinajstić information content (AvgIpc) is 3.13. The van der Waals surface area contributed by atoms with E-state index in [4.69, 9.17) is 16.4 Å². The Labute approximate surface area is 174 Å². The van der Waals surface area contributed by atoms with Crippen LogP contribution in [0.15, 0.2) is 47.4 Å². The number of halogens is 1. The normalized spacial score (nSPS) is 14.5. The van der Waals surface area contributed by atoms with E-state index in [0.717, 1.165) is 6.42 Å². The van der Waals surface area contributed by atoms with Crippen LogP contribution >= 0.6 is 11.6 Å². The molecule has 0 aromatic heterocycles. The number of amides is 2. The largest absolute Gasteiger partial charge is 0.322 e. The molecule has 0 saturated carbocycles. The van der Waals surface area contributed by atoms with Crippen molar-refractivity contribution in [3.05, 3.63) is 53.1 Å². The zero-order valence-electron chi connectivity index (χ0n) is 15.9.